The fraction of sp³-hybridized carbons (Fsp3) is 0.545. The number of hydrogen-bond donors (Lipinski definition) is 2. The third-order valence-electron chi connectivity index (χ3n) is 8.80. The Morgan fingerprint density at radius 3 is 2.33 bits per heavy atom. The summed E-state index contributed by atoms with van der Waals surface area (Å²) in [5.74, 6) is -0.343. The fourth-order valence-electron chi connectivity index (χ4n) is 6.32. The molecule has 1 saturated carbocycles. The van der Waals surface area contributed by atoms with E-state index in [1.165, 1.54) is 16.5 Å². The topological polar surface area (TPSA) is 139 Å². The standard InChI is InChI=1S/C33H42FN7O4/c1-4-5-6-7-30(43)37-25-9-11-26(12-10-25)38-33(45)29-15-24(34)18-40(29)31(44)19-41-28-13-8-22(23-16-35-21(3)36-17-23)14-27(28)32(39-41)20(2)42/h8,13-14,16-17,24-26,29H,4-7,9-12,15,18-19H2,1-3H3,(H,37,43)(H,38,45)/t24-,25?,26?,29+/m1/s1. The number of nitrogens with one attached hydrogen (secondary N) is 2. The quantitative estimate of drug-likeness (QED) is 0.244. The van der Waals surface area contributed by atoms with Crippen LogP contribution in [0.2, 0.25) is 0 Å². The SMILES string of the molecule is CCCCCC(=O)NC1CCC(NC(=O)[C@@H]2C[C@@H](F)CN2C(=O)Cn2nc(C(C)=O)c3cc(-c4cnc(C)nc4)ccc32)CC1. The first-order chi connectivity index (χ1) is 21.6. The van der Waals surface area contributed by atoms with Crippen molar-refractivity contribution in [2.75, 3.05) is 6.54 Å². The lowest BCUT2D eigenvalue weighted by atomic mass is 9.90. The van der Waals surface area contributed by atoms with E-state index in [1.807, 2.05) is 12.1 Å². The van der Waals surface area contributed by atoms with Gasteiger partial charge in [-0.3, -0.25) is 23.9 Å². The van der Waals surface area contributed by atoms with Gasteiger partial charge in [0.2, 0.25) is 17.7 Å². The maximum atomic E-state index is 14.6. The molecule has 0 spiro atoms. The fourth-order valence-corrected chi connectivity index (χ4v) is 6.32. The van der Waals surface area contributed by atoms with Gasteiger partial charge < -0.3 is 15.5 Å². The molecule has 45 heavy (non-hydrogen) atoms. The molecule has 1 aromatic carbocycles. The van der Waals surface area contributed by atoms with Crippen molar-refractivity contribution in [1.29, 1.82) is 0 Å². The van der Waals surface area contributed by atoms with Crippen LogP contribution in [0.15, 0.2) is 30.6 Å². The van der Waals surface area contributed by atoms with Gasteiger partial charge in [-0.05, 0) is 56.7 Å². The molecule has 1 saturated heterocycles. The molecule has 2 aromatic heterocycles. The Morgan fingerprint density at radius 2 is 1.67 bits per heavy atom. The van der Waals surface area contributed by atoms with Gasteiger partial charge in [-0.1, -0.05) is 25.8 Å². The summed E-state index contributed by atoms with van der Waals surface area (Å²) in [5, 5.41) is 11.2. The molecule has 3 heterocycles. The second-order valence-corrected chi connectivity index (χ2v) is 12.3. The van der Waals surface area contributed by atoms with Crippen LogP contribution in [0.1, 0.15) is 87.9 Å². The van der Waals surface area contributed by atoms with Crippen LogP contribution in [-0.2, 0) is 20.9 Å². The molecule has 2 fully saturated rings. The predicted molar refractivity (Wildman–Crippen MR) is 167 cm³/mol. The summed E-state index contributed by atoms with van der Waals surface area (Å²) >= 11 is 0. The number of likely N-dealkylation sites (tertiary alicyclic amines) is 1. The number of carbonyl (C=O) groups is 4. The Morgan fingerprint density at radius 1 is 0.978 bits per heavy atom. The number of ketones is 1. The normalized spacial score (nSPS) is 21.6. The highest BCUT2D eigenvalue weighted by Gasteiger charge is 2.41. The second-order valence-electron chi connectivity index (χ2n) is 12.3. The first-order valence-corrected chi connectivity index (χ1v) is 16.0. The summed E-state index contributed by atoms with van der Waals surface area (Å²) in [6.07, 6.45) is 8.48. The van der Waals surface area contributed by atoms with Crippen molar-refractivity contribution >= 4 is 34.4 Å². The van der Waals surface area contributed by atoms with Gasteiger partial charge in [-0.25, -0.2) is 14.4 Å². The van der Waals surface area contributed by atoms with Gasteiger partial charge in [-0.2, -0.15) is 5.10 Å². The zero-order valence-electron chi connectivity index (χ0n) is 26.2. The number of benzene rings is 1. The van der Waals surface area contributed by atoms with Crippen LogP contribution >= 0.6 is 0 Å². The minimum Gasteiger partial charge on any atom is -0.353 e. The van der Waals surface area contributed by atoms with Crippen LogP contribution in [-0.4, -0.2) is 79.0 Å². The maximum absolute atomic E-state index is 14.6. The number of alkyl halides is 1. The lowest BCUT2D eigenvalue weighted by molar-refractivity contribution is -0.139. The molecule has 12 heteroatoms. The van der Waals surface area contributed by atoms with Crippen molar-refractivity contribution in [3.05, 3.63) is 42.1 Å². The summed E-state index contributed by atoms with van der Waals surface area (Å²) in [5.41, 5.74) is 2.38. The summed E-state index contributed by atoms with van der Waals surface area (Å²) in [6.45, 7) is 4.90. The highest BCUT2D eigenvalue weighted by molar-refractivity contribution is 6.06. The summed E-state index contributed by atoms with van der Waals surface area (Å²) in [7, 11) is 0. The third-order valence-corrected chi connectivity index (χ3v) is 8.80. The molecule has 3 aromatic rings. The molecule has 240 valence electrons. The minimum absolute atomic E-state index is 0.0682. The molecule has 2 N–H and O–H groups in total. The number of aryl methyl sites for hydroxylation is 1. The van der Waals surface area contributed by atoms with Gasteiger partial charge in [0.05, 0.1) is 12.1 Å². The molecule has 3 amide bonds. The maximum Gasteiger partial charge on any atom is 0.245 e. The minimum atomic E-state index is -1.32. The number of amides is 3. The van der Waals surface area contributed by atoms with E-state index in [1.54, 1.807) is 25.4 Å². The molecule has 1 aliphatic carbocycles. The van der Waals surface area contributed by atoms with Gasteiger partial charge in [-0.15, -0.1) is 0 Å². The lowest BCUT2D eigenvalue weighted by Gasteiger charge is -2.31. The molecule has 0 radical (unpaired) electrons. The van der Waals surface area contributed by atoms with E-state index in [2.05, 4.69) is 32.6 Å². The number of fused-ring (bicyclic) bond motifs is 1. The van der Waals surface area contributed by atoms with Crippen molar-refractivity contribution in [3.8, 4) is 11.1 Å². The van der Waals surface area contributed by atoms with Crippen molar-refractivity contribution in [1.82, 2.24) is 35.3 Å². The molecule has 11 nitrogen and oxygen atoms in total. The number of nitrogens with zero attached hydrogens (tertiary/aromatic N) is 5. The summed E-state index contributed by atoms with van der Waals surface area (Å²) in [6, 6.07) is 4.53. The van der Waals surface area contributed by atoms with Crippen LogP contribution in [0.25, 0.3) is 22.0 Å². The number of hydrogen-bond acceptors (Lipinski definition) is 7. The first-order valence-electron chi connectivity index (χ1n) is 16.0. The van der Waals surface area contributed by atoms with Crippen LogP contribution in [0.4, 0.5) is 4.39 Å². The summed E-state index contributed by atoms with van der Waals surface area (Å²) < 4.78 is 16.1. The van der Waals surface area contributed by atoms with Crippen molar-refractivity contribution in [3.63, 3.8) is 0 Å². The number of halogens is 1. The van der Waals surface area contributed by atoms with Crippen LogP contribution in [0.5, 0.6) is 0 Å². The number of carbonyl (C=O) groups excluding carboxylic acids is 4. The van der Waals surface area contributed by atoms with E-state index in [9.17, 15) is 23.6 Å². The molecule has 0 bridgehead atoms. The number of Topliss-reactive ketones (excluding diaryl/α,β-unsaturated/α-hetero) is 1. The molecule has 5 rings (SSSR count). The van der Waals surface area contributed by atoms with Gasteiger partial charge in [0, 0.05) is 55.2 Å². The lowest BCUT2D eigenvalue weighted by Crippen LogP contribution is -2.51. The van der Waals surface area contributed by atoms with E-state index in [0.717, 1.165) is 43.2 Å². The number of aromatic nitrogens is 4. The zero-order chi connectivity index (χ0) is 32.1. The van der Waals surface area contributed by atoms with Crippen molar-refractivity contribution < 1.29 is 23.6 Å². The van der Waals surface area contributed by atoms with E-state index < -0.39 is 18.1 Å². The van der Waals surface area contributed by atoms with Gasteiger partial charge >= 0.3 is 0 Å². The third kappa shape index (κ3) is 7.72. The van der Waals surface area contributed by atoms with Gasteiger partial charge in [0.1, 0.15) is 30.3 Å². The Hall–Kier alpha value is -4.22. The predicted octanol–water partition coefficient (Wildman–Crippen LogP) is 4.07. The zero-order valence-corrected chi connectivity index (χ0v) is 26.2. The van der Waals surface area contributed by atoms with Gasteiger partial charge in [0.15, 0.2) is 5.78 Å². The first kappa shape index (κ1) is 32.2. The summed E-state index contributed by atoms with van der Waals surface area (Å²) in [4.78, 5) is 61.3. The Kier molecular flexibility index (Phi) is 10.2. The molecular formula is C33H42FN7O4. The largest absolute Gasteiger partial charge is 0.353 e. The average molecular weight is 620 g/mol. The smallest absolute Gasteiger partial charge is 0.245 e. The van der Waals surface area contributed by atoms with Crippen LogP contribution in [0.3, 0.4) is 0 Å². The molecule has 2 atom stereocenters. The Labute approximate surface area is 262 Å². The van der Waals surface area contributed by atoms with E-state index in [0.29, 0.717) is 36.0 Å². The molecular weight excluding hydrogens is 577 g/mol. The highest BCUT2D eigenvalue weighted by atomic mass is 19.1. The molecule has 0 unspecified atom stereocenters. The molecule has 2 aliphatic rings. The van der Waals surface area contributed by atoms with Crippen molar-refractivity contribution in [2.45, 2.75) is 109 Å². The Bertz CT molecular complexity index is 1550. The van der Waals surface area contributed by atoms with Crippen molar-refractivity contribution in [2.24, 2.45) is 0 Å². The van der Waals surface area contributed by atoms with E-state index in [-0.39, 0.29) is 54.9 Å². The number of rotatable bonds is 11. The highest BCUT2D eigenvalue weighted by Crippen LogP contribution is 2.28. The second kappa shape index (κ2) is 14.3. The van der Waals surface area contributed by atoms with E-state index >= 15 is 0 Å². The van der Waals surface area contributed by atoms with Crippen LogP contribution in [0, 0.1) is 6.92 Å². The van der Waals surface area contributed by atoms with Crippen LogP contribution < -0.4 is 10.6 Å². The van der Waals surface area contributed by atoms with E-state index in [4.69, 9.17) is 0 Å². The molecule has 1 aliphatic heterocycles. The van der Waals surface area contributed by atoms with Gasteiger partial charge in [0.25, 0.3) is 0 Å². The Balaban J connectivity index is 1.22. The average Bonchev–Trinajstić information content (AvgIpc) is 3.59. The monoisotopic (exact) mass is 619 g/mol. The number of unbranched alkanes of at least 4 members (excludes halogenated alkanes) is 2.